The molecule has 1 aromatic carbocycles. The number of nitrogens with one attached hydrogen (secondary N) is 1. The van der Waals surface area contributed by atoms with E-state index in [2.05, 4.69) is 22.5 Å². The summed E-state index contributed by atoms with van der Waals surface area (Å²) in [6, 6.07) is 7.22. The number of guanidine groups is 1. The lowest BCUT2D eigenvalue weighted by atomic mass is 10.3. The van der Waals surface area contributed by atoms with Gasteiger partial charge in [-0.05, 0) is 36.5 Å². The SMILES string of the molecule is COc1ccc(NC(N)=NC(N)=S)cc1. The Morgan fingerprint density at radius 2 is 1.93 bits per heavy atom. The van der Waals surface area contributed by atoms with Crippen molar-refractivity contribution < 1.29 is 4.74 Å². The predicted octanol–water partition coefficient (Wildman–Crippen LogP) is 0.665. The second-order valence-electron chi connectivity index (χ2n) is 2.69. The van der Waals surface area contributed by atoms with E-state index in [0.29, 0.717) is 0 Å². The zero-order chi connectivity index (χ0) is 11.3. The van der Waals surface area contributed by atoms with E-state index in [9.17, 15) is 0 Å². The number of methoxy groups -OCH3 is 1. The van der Waals surface area contributed by atoms with E-state index in [1.807, 2.05) is 0 Å². The Hall–Kier alpha value is -1.82. The van der Waals surface area contributed by atoms with Crippen LogP contribution in [0.3, 0.4) is 0 Å². The van der Waals surface area contributed by atoms with Gasteiger partial charge in [0.15, 0.2) is 5.11 Å². The van der Waals surface area contributed by atoms with E-state index < -0.39 is 0 Å². The summed E-state index contributed by atoms with van der Waals surface area (Å²) in [5, 5.41) is 2.82. The number of hydrogen-bond acceptors (Lipinski definition) is 2. The Morgan fingerprint density at radius 1 is 1.33 bits per heavy atom. The van der Waals surface area contributed by atoms with Crippen molar-refractivity contribution in [2.45, 2.75) is 0 Å². The van der Waals surface area contributed by atoms with Crippen LogP contribution in [0.5, 0.6) is 5.75 Å². The van der Waals surface area contributed by atoms with E-state index in [4.69, 9.17) is 16.2 Å². The van der Waals surface area contributed by atoms with Crippen LogP contribution in [-0.4, -0.2) is 18.2 Å². The van der Waals surface area contributed by atoms with E-state index in [-0.39, 0.29) is 11.1 Å². The van der Waals surface area contributed by atoms with Gasteiger partial charge in [0.25, 0.3) is 0 Å². The molecular formula is C9H12N4OS. The fourth-order valence-electron chi connectivity index (χ4n) is 0.969. The van der Waals surface area contributed by atoms with Crippen LogP contribution in [0.4, 0.5) is 5.69 Å². The van der Waals surface area contributed by atoms with Crippen molar-refractivity contribution in [3.05, 3.63) is 24.3 Å². The van der Waals surface area contributed by atoms with Crippen molar-refractivity contribution >= 4 is 29.0 Å². The van der Waals surface area contributed by atoms with Gasteiger partial charge in [0.05, 0.1) is 7.11 Å². The third kappa shape index (κ3) is 3.82. The molecule has 15 heavy (non-hydrogen) atoms. The molecule has 0 saturated heterocycles. The van der Waals surface area contributed by atoms with Crippen LogP contribution in [-0.2, 0) is 0 Å². The number of benzene rings is 1. The first kappa shape index (κ1) is 11.3. The molecule has 0 heterocycles. The number of nitrogens with zero attached hydrogens (tertiary/aromatic N) is 1. The van der Waals surface area contributed by atoms with E-state index in [1.165, 1.54) is 0 Å². The van der Waals surface area contributed by atoms with Gasteiger partial charge in [0.1, 0.15) is 5.75 Å². The largest absolute Gasteiger partial charge is 0.497 e. The summed E-state index contributed by atoms with van der Waals surface area (Å²) < 4.78 is 5.01. The first-order chi connectivity index (χ1) is 7.11. The number of ether oxygens (including phenoxy) is 1. The number of nitrogens with two attached hydrogens (primary N) is 2. The summed E-state index contributed by atoms with van der Waals surface area (Å²) in [7, 11) is 1.60. The van der Waals surface area contributed by atoms with Gasteiger partial charge in [-0.25, -0.2) is 0 Å². The molecule has 0 radical (unpaired) electrons. The first-order valence-corrected chi connectivity index (χ1v) is 4.57. The minimum atomic E-state index is -0.00601. The van der Waals surface area contributed by atoms with Crippen LogP contribution in [0.2, 0.25) is 0 Å². The molecule has 1 rings (SSSR count). The highest BCUT2D eigenvalue weighted by molar-refractivity contribution is 7.80. The van der Waals surface area contributed by atoms with Crippen molar-refractivity contribution in [2.24, 2.45) is 16.5 Å². The average molecular weight is 224 g/mol. The second-order valence-corrected chi connectivity index (χ2v) is 3.11. The summed E-state index contributed by atoms with van der Waals surface area (Å²) in [5.74, 6) is 0.929. The molecule has 0 fully saturated rings. The normalized spacial score (nSPS) is 10.9. The molecule has 80 valence electrons. The maximum Gasteiger partial charge on any atom is 0.200 e. The summed E-state index contributed by atoms with van der Waals surface area (Å²) in [5.41, 5.74) is 11.5. The van der Waals surface area contributed by atoms with Gasteiger partial charge >= 0.3 is 0 Å². The summed E-state index contributed by atoms with van der Waals surface area (Å²) in [6.45, 7) is 0. The minimum Gasteiger partial charge on any atom is -0.497 e. The van der Waals surface area contributed by atoms with Gasteiger partial charge in [-0.1, -0.05) is 0 Å². The maximum atomic E-state index is 5.52. The van der Waals surface area contributed by atoms with Crippen LogP contribution < -0.4 is 21.5 Å². The third-order valence-corrected chi connectivity index (χ3v) is 1.68. The summed E-state index contributed by atoms with van der Waals surface area (Å²) >= 11 is 4.58. The zero-order valence-electron chi connectivity index (χ0n) is 8.23. The van der Waals surface area contributed by atoms with Crippen molar-refractivity contribution in [3.63, 3.8) is 0 Å². The second kappa shape index (κ2) is 5.16. The fraction of sp³-hybridized carbons (Fsp3) is 0.111. The molecule has 0 aliphatic carbocycles. The number of rotatable bonds is 2. The average Bonchev–Trinajstić information content (AvgIpc) is 2.17. The van der Waals surface area contributed by atoms with Crippen molar-refractivity contribution in [1.82, 2.24) is 0 Å². The van der Waals surface area contributed by atoms with Gasteiger partial charge in [-0.3, -0.25) is 0 Å². The Kier molecular flexibility index (Phi) is 3.87. The van der Waals surface area contributed by atoms with Crippen LogP contribution in [0.25, 0.3) is 0 Å². The third-order valence-electron chi connectivity index (χ3n) is 1.59. The number of aliphatic imine (C=N–C) groups is 1. The number of hydrogen-bond donors (Lipinski definition) is 3. The lowest BCUT2D eigenvalue weighted by molar-refractivity contribution is 0.415. The molecule has 0 unspecified atom stereocenters. The Balaban J connectivity index is 2.69. The predicted molar refractivity (Wildman–Crippen MR) is 65.0 cm³/mol. The molecule has 0 spiro atoms. The number of thiocarbonyl (C=S) groups is 1. The molecule has 0 aromatic heterocycles. The summed E-state index contributed by atoms with van der Waals surface area (Å²) in [4.78, 5) is 3.68. The molecule has 0 aliphatic heterocycles. The Bertz CT molecular complexity index is 374. The highest BCUT2D eigenvalue weighted by atomic mass is 32.1. The van der Waals surface area contributed by atoms with Crippen LogP contribution >= 0.6 is 12.2 Å². The van der Waals surface area contributed by atoms with Crippen LogP contribution in [0.1, 0.15) is 0 Å². The van der Waals surface area contributed by atoms with Gasteiger partial charge in [0, 0.05) is 5.69 Å². The monoisotopic (exact) mass is 224 g/mol. The fourth-order valence-corrected chi connectivity index (χ4v) is 1.07. The van der Waals surface area contributed by atoms with Crippen LogP contribution in [0, 0.1) is 0 Å². The van der Waals surface area contributed by atoms with Gasteiger partial charge in [-0.2, -0.15) is 4.99 Å². The number of anilines is 1. The molecule has 0 saturated carbocycles. The lowest BCUT2D eigenvalue weighted by Crippen LogP contribution is -2.25. The van der Waals surface area contributed by atoms with Gasteiger partial charge < -0.3 is 21.5 Å². The lowest BCUT2D eigenvalue weighted by Gasteiger charge is -2.05. The van der Waals surface area contributed by atoms with Crippen molar-refractivity contribution in [2.75, 3.05) is 12.4 Å². The van der Waals surface area contributed by atoms with Gasteiger partial charge in [-0.15, -0.1) is 0 Å². The standard InChI is InChI=1S/C9H12N4OS/c1-14-7-4-2-6(3-5-7)12-8(10)13-9(11)15/h2-5H,1H3,(H5,10,11,12,13,15). The van der Waals surface area contributed by atoms with E-state index >= 15 is 0 Å². The first-order valence-electron chi connectivity index (χ1n) is 4.16. The van der Waals surface area contributed by atoms with Crippen LogP contribution in [0.15, 0.2) is 29.3 Å². The molecule has 0 aliphatic rings. The molecule has 6 heteroatoms. The molecule has 0 bridgehead atoms. The smallest absolute Gasteiger partial charge is 0.200 e. The topological polar surface area (TPSA) is 85.7 Å². The highest BCUT2D eigenvalue weighted by Crippen LogP contribution is 2.14. The Labute approximate surface area is 93.1 Å². The van der Waals surface area contributed by atoms with Crippen molar-refractivity contribution in [3.8, 4) is 5.75 Å². The molecule has 0 atom stereocenters. The quantitative estimate of drug-likeness (QED) is 0.390. The highest BCUT2D eigenvalue weighted by Gasteiger charge is 1.96. The Morgan fingerprint density at radius 3 is 2.40 bits per heavy atom. The molecular weight excluding hydrogens is 212 g/mol. The molecule has 1 aromatic rings. The summed E-state index contributed by atoms with van der Waals surface area (Å²) in [6.07, 6.45) is 0. The zero-order valence-corrected chi connectivity index (χ0v) is 9.04. The van der Waals surface area contributed by atoms with E-state index in [0.717, 1.165) is 11.4 Å². The van der Waals surface area contributed by atoms with E-state index in [1.54, 1.807) is 31.4 Å². The maximum absolute atomic E-state index is 5.52. The molecule has 0 amide bonds. The molecule has 5 N–H and O–H groups in total. The van der Waals surface area contributed by atoms with Crippen molar-refractivity contribution in [1.29, 1.82) is 0 Å². The van der Waals surface area contributed by atoms with Gasteiger partial charge in [0.2, 0.25) is 5.96 Å². The minimum absolute atomic E-state index is 0.00601. The molecule has 5 nitrogen and oxygen atoms in total.